The molecule has 1 fully saturated rings. The second-order valence-electron chi connectivity index (χ2n) is 6.82. The highest BCUT2D eigenvalue weighted by atomic mass is 16.5. The Morgan fingerprint density at radius 1 is 1.14 bits per heavy atom. The molecule has 1 aliphatic rings. The number of amides is 1. The van der Waals surface area contributed by atoms with Crippen molar-refractivity contribution in [2.24, 2.45) is 0 Å². The summed E-state index contributed by atoms with van der Waals surface area (Å²) in [7, 11) is 0. The predicted molar refractivity (Wildman–Crippen MR) is 107 cm³/mol. The van der Waals surface area contributed by atoms with Crippen molar-refractivity contribution in [1.29, 1.82) is 0 Å². The first-order chi connectivity index (χ1) is 13.8. The summed E-state index contributed by atoms with van der Waals surface area (Å²) in [6, 6.07) is 11.6. The Morgan fingerprint density at radius 3 is 2.86 bits per heavy atom. The van der Waals surface area contributed by atoms with Gasteiger partial charge in [0.1, 0.15) is 11.5 Å². The van der Waals surface area contributed by atoms with E-state index in [4.69, 9.17) is 4.74 Å². The molecule has 144 valence electrons. The van der Waals surface area contributed by atoms with Gasteiger partial charge in [0.25, 0.3) is 5.91 Å². The van der Waals surface area contributed by atoms with Gasteiger partial charge in [0.05, 0.1) is 5.52 Å². The van der Waals surface area contributed by atoms with E-state index in [-0.39, 0.29) is 5.91 Å². The van der Waals surface area contributed by atoms with Crippen LogP contribution in [0.1, 0.15) is 29.0 Å². The molecule has 4 heterocycles. The lowest BCUT2D eigenvalue weighted by Gasteiger charge is -2.23. The zero-order valence-corrected chi connectivity index (χ0v) is 15.6. The van der Waals surface area contributed by atoms with Crippen molar-refractivity contribution in [3.8, 4) is 0 Å². The summed E-state index contributed by atoms with van der Waals surface area (Å²) in [6.45, 7) is 2.06. The molecular weight excluding hydrogens is 354 g/mol. The van der Waals surface area contributed by atoms with Crippen molar-refractivity contribution in [3.05, 3.63) is 60.2 Å². The van der Waals surface area contributed by atoms with Crippen molar-refractivity contribution in [2.45, 2.75) is 25.3 Å². The minimum absolute atomic E-state index is 0.186. The highest BCUT2D eigenvalue weighted by Crippen LogP contribution is 2.18. The molecule has 1 aliphatic heterocycles. The molecule has 4 rings (SSSR count). The van der Waals surface area contributed by atoms with Gasteiger partial charge < -0.3 is 15.4 Å². The summed E-state index contributed by atoms with van der Waals surface area (Å²) in [5, 5.41) is 7.25. The van der Waals surface area contributed by atoms with Crippen molar-refractivity contribution in [1.82, 2.24) is 20.3 Å². The zero-order valence-electron chi connectivity index (χ0n) is 15.6. The fourth-order valence-corrected chi connectivity index (χ4v) is 3.21. The molecule has 0 spiro atoms. The number of ether oxygens (including phenoxy) is 1. The minimum Gasteiger partial charge on any atom is -0.381 e. The van der Waals surface area contributed by atoms with Crippen LogP contribution in [-0.2, 0) is 11.2 Å². The predicted octanol–water partition coefficient (Wildman–Crippen LogP) is 2.59. The molecule has 0 aliphatic carbocycles. The van der Waals surface area contributed by atoms with Gasteiger partial charge in [0, 0.05) is 61.8 Å². The molecule has 3 aromatic rings. The molecule has 0 saturated carbocycles. The van der Waals surface area contributed by atoms with Crippen molar-refractivity contribution < 1.29 is 9.53 Å². The molecule has 2 N–H and O–H groups in total. The van der Waals surface area contributed by atoms with E-state index < -0.39 is 0 Å². The van der Waals surface area contributed by atoms with E-state index in [1.54, 1.807) is 18.5 Å². The van der Waals surface area contributed by atoms with E-state index in [0.29, 0.717) is 24.7 Å². The molecule has 0 radical (unpaired) electrons. The van der Waals surface area contributed by atoms with Gasteiger partial charge >= 0.3 is 0 Å². The van der Waals surface area contributed by atoms with Crippen LogP contribution < -0.4 is 10.6 Å². The van der Waals surface area contributed by atoms with Crippen molar-refractivity contribution in [2.75, 3.05) is 25.1 Å². The van der Waals surface area contributed by atoms with E-state index in [9.17, 15) is 4.79 Å². The Labute approximate surface area is 163 Å². The number of aromatic nitrogens is 3. The number of nitrogens with zero attached hydrogens (tertiary/aromatic N) is 3. The lowest BCUT2D eigenvalue weighted by molar-refractivity contribution is 0.0903. The summed E-state index contributed by atoms with van der Waals surface area (Å²) < 4.78 is 5.39. The quantitative estimate of drug-likeness (QED) is 0.686. The van der Waals surface area contributed by atoms with E-state index in [0.717, 1.165) is 48.5 Å². The van der Waals surface area contributed by atoms with Gasteiger partial charge in [-0.2, -0.15) is 0 Å². The van der Waals surface area contributed by atoms with E-state index in [1.165, 1.54) is 0 Å². The smallest absolute Gasteiger partial charge is 0.269 e. The number of carbonyl (C=O) groups is 1. The lowest BCUT2D eigenvalue weighted by atomic mass is 10.1. The average Bonchev–Trinajstić information content (AvgIpc) is 2.74. The van der Waals surface area contributed by atoms with E-state index >= 15 is 0 Å². The number of hydrogen-bond donors (Lipinski definition) is 2. The summed E-state index contributed by atoms with van der Waals surface area (Å²) in [5.74, 6) is 0.591. The Bertz CT molecular complexity index is 942. The topological polar surface area (TPSA) is 89.0 Å². The molecule has 0 bridgehead atoms. The molecule has 7 heteroatoms. The molecular formula is C21H23N5O2. The second kappa shape index (κ2) is 8.75. The third-order valence-corrected chi connectivity index (χ3v) is 4.77. The molecule has 0 aromatic carbocycles. The monoisotopic (exact) mass is 377 g/mol. The van der Waals surface area contributed by atoms with Gasteiger partial charge in [-0.15, -0.1) is 0 Å². The van der Waals surface area contributed by atoms with E-state index in [1.807, 2.05) is 30.3 Å². The third-order valence-electron chi connectivity index (χ3n) is 4.77. The Morgan fingerprint density at radius 2 is 2.04 bits per heavy atom. The number of pyridine rings is 3. The first kappa shape index (κ1) is 18.3. The van der Waals surface area contributed by atoms with Crippen LogP contribution in [0, 0.1) is 0 Å². The maximum Gasteiger partial charge on any atom is 0.269 e. The zero-order chi connectivity index (χ0) is 19.2. The Balaban J connectivity index is 1.41. The maximum absolute atomic E-state index is 12.4. The first-order valence-electron chi connectivity index (χ1n) is 9.57. The van der Waals surface area contributed by atoms with Crippen LogP contribution in [0.4, 0.5) is 5.82 Å². The van der Waals surface area contributed by atoms with Gasteiger partial charge in [-0.3, -0.25) is 9.78 Å². The first-order valence-corrected chi connectivity index (χ1v) is 9.57. The molecule has 1 saturated heterocycles. The number of anilines is 1. The Kier molecular flexibility index (Phi) is 5.72. The number of carbonyl (C=O) groups excluding carboxylic acids is 1. The fraction of sp³-hybridized carbons (Fsp3) is 0.333. The molecule has 1 amide bonds. The van der Waals surface area contributed by atoms with Gasteiger partial charge in [-0.25, -0.2) is 9.97 Å². The highest BCUT2D eigenvalue weighted by Gasteiger charge is 2.14. The van der Waals surface area contributed by atoms with Crippen LogP contribution in [0.25, 0.3) is 10.9 Å². The van der Waals surface area contributed by atoms with Crippen molar-refractivity contribution >= 4 is 22.6 Å². The normalized spacial score (nSPS) is 14.7. The number of rotatable bonds is 6. The average molecular weight is 377 g/mol. The van der Waals surface area contributed by atoms with Crippen LogP contribution in [0.5, 0.6) is 0 Å². The van der Waals surface area contributed by atoms with Crippen LogP contribution in [0.3, 0.4) is 0 Å². The number of fused-ring (bicyclic) bond motifs is 1. The molecule has 3 aromatic heterocycles. The van der Waals surface area contributed by atoms with Gasteiger partial charge in [0.2, 0.25) is 0 Å². The van der Waals surface area contributed by atoms with Gasteiger partial charge in [-0.05, 0) is 37.1 Å². The maximum atomic E-state index is 12.4. The molecule has 28 heavy (non-hydrogen) atoms. The highest BCUT2D eigenvalue weighted by molar-refractivity contribution is 5.95. The molecule has 0 atom stereocenters. The van der Waals surface area contributed by atoms with Gasteiger partial charge in [0.15, 0.2) is 0 Å². The second-order valence-corrected chi connectivity index (χ2v) is 6.82. The van der Waals surface area contributed by atoms with Crippen molar-refractivity contribution in [3.63, 3.8) is 0 Å². The third kappa shape index (κ3) is 4.61. The largest absolute Gasteiger partial charge is 0.381 e. The molecule has 7 nitrogen and oxygen atoms in total. The van der Waals surface area contributed by atoms with Crippen LogP contribution in [0.2, 0.25) is 0 Å². The summed E-state index contributed by atoms with van der Waals surface area (Å²) in [5.41, 5.74) is 2.10. The summed E-state index contributed by atoms with van der Waals surface area (Å²) in [6.07, 6.45) is 6.15. The summed E-state index contributed by atoms with van der Waals surface area (Å²) >= 11 is 0. The number of nitrogens with one attached hydrogen (secondary N) is 2. The lowest BCUT2D eigenvalue weighted by Crippen LogP contribution is -2.28. The molecule has 0 unspecified atom stereocenters. The van der Waals surface area contributed by atoms with Gasteiger partial charge in [-0.1, -0.05) is 6.07 Å². The Hall–Kier alpha value is -3.06. The van der Waals surface area contributed by atoms with Crippen LogP contribution in [0.15, 0.2) is 48.8 Å². The minimum atomic E-state index is -0.186. The summed E-state index contributed by atoms with van der Waals surface area (Å²) in [4.78, 5) is 25.7. The van der Waals surface area contributed by atoms with E-state index in [2.05, 4.69) is 25.6 Å². The van der Waals surface area contributed by atoms with Crippen LogP contribution >= 0.6 is 0 Å². The SMILES string of the molecule is O=C(NCCc1ccccn1)c1ccc2cnc(NC3CCOCC3)cc2n1. The fourth-order valence-electron chi connectivity index (χ4n) is 3.21. The van der Waals surface area contributed by atoms with Crippen LogP contribution in [-0.4, -0.2) is 46.7 Å². The number of hydrogen-bond acceptors (Lipinski definition) is 6. The standard InChI is InChI=1S/C21H23N5O2/c27-21(23-10-6-16-3-1-2-9-22-16)18-5-4-15-14-24-20(13-19(15)26-18)25-17-7-11-28-12-8-17/h1-5,9,13-14,17H,6-8,10-12H2,(H,23,27)(H,24,25).